The molecule has 0 saturated carbocycles. The first-order chi connectivity index (χ1) is 5.00. The average molecular weight is 168 g/mol. The summed E-state index contributed by atoms with van der Waals surface area (Å²) in [5.41, 5.74) is 0. The monoisotopic (exact) mass is 168 g/mol. The van der Waals surface area contributed by atoms with Gasteiger partial charge in [-0.2, -0.15) is 13.2 Å². The first kappa shape index (κ1) is 8.84. The van der Waals surface area contributed by atoms with Crippen molar-refractivity contribution in [1.82, 2.24) is 0 Å². The summed E-state index contributed by atoms with van der Waals surface area (Å²) in [6.07, 6.45) is -3.34. The third-order valence-corrected chi connectivity index (χ3v) is 1.97. The summed E-state index contributed by atoms with van der Waals surface area (Å²) < 4.78 is 40.9. The van der Waals surface area contributed by atoms with Crippen molar-refractivity contribution in [2.24, 2.45) is 5.92 Å². The van der Waals surface area contributed by atoms with Crippen LogP contribution in [-0.4, -0.2) is 18.9 Å². The zero-order chi connectivity index (χ0) is 8.48. The molecule has 0 spiro atoms. The number of hydrogen-bond acceptors (Lipinski definition) is 1. The molecule has 1 aliphatic heterocycles. The zero-order valence-electron chi connectivity index (χ0n) is 6.32. The van der Waals surface area contributed by atoms with Crippen molar-refractivity contribution in [2.75, 3.05) is 6.61 Å². The van der Waals surface area contributed by atoms with Gasteiger partial charge < -0.3 is 4.74 Å². The molecule has 1 rings (SSSR count). The predicted octanol–water partition coefficient (Wildman–Crippen LogP) is 2.36. The highest BCUT2D eigenvalue weighted by Crippen LogP contribution is 2.33. The maximum atomic E-state index is 12.0. The molecule has 0 aromatic heterocycles. The molecule has 2 atom stereocenters. The van der Waals surface area contributed by atoms with Crippen LogP contribution in [0.2, 0.25) is 0 Å². The van der Waals surface area contributed by atoms with E-state index < -0.39 is 12.1 Å². The van der Waals surface area contributed by atoms with E-state index in [1.165, 1.54) is 0 Å². The Bertz CT molecular complexity index is 124. The van der Waals surface area contributed by atoms with Crippen LogP contribution in [0.4, 0.5) is 13.2 Å². The molecule has 66 valence electrons. The number of rotatable bonds is 0. The molecule has 1 aliphatic rings. The molecule has 0 aromatic carbocycles. The van der Waals surface area contributed by atoms with Gasteiger partial charge in [0.15, 0.2) is 0 Å². The lowest BCUT2D eigenvalue weighted by molar-refractivity contribution is -0.206. The SMILES string of the molecule is CC1CC[C@H](C(F)(F)F)CO1. The van der Waals surface area contributed by atoms with Crippen LogP contribution in [0.25, 0.3) is 0 Å². The molecule has 0 radical (unpaired) electrons. The first-order valence-corrected chi connectivity index (χ1v) is 3.68. The Labute approximate surface area is 63.5 Å². The average Bonchev–Trinajstić information content (AvgIpc) is 1.86. The number of hydrogen-bond donors (Lipinski definition) is 0. The second kappa shape index (κ2) is 3.01. The third kappa shape index (κ3) is 2.36. The Kier molecular flexibility index (Phi) is 2.42. The maximum absolute atomic E-state index is 12.0. The van der Waals surface area contributed by atoms with Gasteiger partial charge in [-0.1, -0.05) is 0 Å². The van der Waals surface area contributed by atoms with Gasteiger partial charge in [-0.05, 0) is 19.8 Å². The molecule has 0 N–H and O–H groups in total. The minimum atomic E-state index is -4.07. The van der Waals surface area contributed by atoms with Gasteiger partial charge in [-0.15, -0.1) is 0 Å². The van der Waals surface area contributed by atoms with Crippen LogP contribution in [0.5, 0.6) is 0 Å². The van der Waals surface area contributed by atoms with E-state index in [2.05, 4.69) is 0 Å². The smallest absolute Gasteiger partial charge is 0.378 e. The molecule has 1 saturated heterocycles. The molecule has 0 aromatic rings. The van der Waals surface area contributed by atoms with E-state index in [0.29, 0.717) is 6.42 Å². The van der Waals surface area contributed by atoms with Crippen molar-refractivity contribution in [2.45, 2.75) is 32.0 Å². The summed E-state index contributed by atoms with van der Waals surface area (Å²) in [5, 5.41) is 0. The van der Waals surface area contributed by atoms with Gasteiger partial charge in [0.25, 0.3) is 0 Å². The lowest BCUT2D eigenvalue weighted by Gasteiger charge is -2.28. The highest BCUT2D eigenvalue weighted by Gasteiger charge is 2.41. The van der Waals surface area contributed by atoms with Gasteiger partial charge in [0, 0.05) is 0 Å². The third-order valence-electron chi connectivity index (χ3n) is 1.97. The van der Waals surface area contributed by atoms with Gasteiger partial charge in [0.1, 0.15) is 0 Å². The predicted molar refractivity (Wildman–Crippen MR) is 34.2 cm³/mol. The molecule has 11 heavy (non-hydrogen) atoms. The molecule has 0 aliphatic carbocycles. The second-order valence-electron chi connectivity index (χ2n) is 2.96. The summed E-state index contributed by atoms with van der Waals surface area (Å²) in [5.74, 6) is -1.24. The minimum absolute atomic E-state index is 0.00593. The molecule has 4 heteroatoms. The second-order valence-corrected chi connectivity index (χ2v) is 2.96. The molecule has 1 unspecified atom stereocenters. The fourth-order valence-electron chi connectivity index (χ4n) is 1.14. The summed E-state index contributed by atoms with van der Waals surface area (Å²) in [6.45, 7) is 1.64. The molecule has 1 heterocycles. The van der Waals surface area contributed by atoms with Crippen LogP contribution in [-0.2, 0) is 4.74 Å². The highest BCUT2D eigenvalue weighted by atomic mass is 19.4. The fraction of sp³-hybridized carbons (Fsp3) is 1.00. The Morgan fingerprint density at radius 2 is 1.91 bits per heavy atom. The van der Waals surface area contributed by atoms with Gasteiger partial charge in [0.05, 0.1) is 18.6 Å². The minimum Gasteiger partial charge on any atom is -0.378 e. The summed E-state index contributed by atoms with van der Waals surface area (Å²) in [4.78, 5) is 0. The van der Waals surface area contributed by atoms with Crippen molar-refractivity contribution in [3.05, 3.63) is 0 Å². The Morgan fingerprint density at radius 1 is 1.27 bits per heavy atom. The summed E-state index contributed by atoms with van der Waals surface area (Å²) >= 11 is 0. The van der Waals surface area contributed by atoms with Crippen LogP contribution in [0.1, 0.15) is 19.8 Å². The van der Waals surface area contributed by atoms with Crippen molar-refractivity contribution < 1.29 is 17.9 Å². The molecule has 1 nitrogen and oxygen atoms in total. The molecular weight excluding hydrogens is 157 g/mol. The molecule has 0 amide bonds. The number of alkyl halides is 3. The summed E-state index contributed by atoms with van der Waals surface area (Å²) in [7, 11) is 0. The van der Waals surface area contributed by atoms with Gasteiger partial charge >= 0.3 is 6.18 Å². The van der Waals surface area contributed by atoms with E-state index >= 15 is 0 Å². The van der Waals surface area contributed by atoms with Crippen molar-refractivity contribution in [3.8, 4) is 0 Å². The van der Waals surface area contributed by atoms with E-state index in [4.69, 9.17) is 4.74 Å². The number of halogens is 3. The lowest BCUT2D eigenvalue weighted by Crippen LogP contribution is -2.33. The van der Waals surface area contributed by atoms with E-state index in [0.717, 1.165) is 0 Å². The standard InChI is InChI=1S/C7H11F3O/c1-5-2-3-6(4-11-5)7(8,9)10/h5-6H,2-4H2,1H3/t5?,6-/m0/s1. The Hall–Kier alpha value is -0.250. The largest absolute Gasteiger partial charge is 0.394 e. The first-order valence-electron chi connectivity index (χ1n) is 3.68. The van der Waals surface area contributed by atoms with Crippen molar-refractivity contribution in [1.29, 1.82) is 0 Å². The highest BCUT2D eigenvalue weighted by molar-refractivity contribution is 4.73. The maximum Gasteiger partial charge on any atom is 0.394 e. The van der Waals surface area contributed by atoms with E-state index in [1.54, 1.807) is 6.92 Å². The molecular formula is C7H11F3O. The Balaban J connectivity index is 2.39. The van der Waals surface area contributed by atoms with E-state index in [-0.39, 0.29) is 19.1 Å². The normalized spacial score (nSPS) is 33.8. The summed E-state index contributed by atoms with van der Waals surface area (Å²) in [6, 6.07) is 0. The van der Waals surface area contributed by atoms with E-state index in [9.17, 15) is 13.2 Å². The van der Waals surface area contributed by atoms with Crippen LogP contribution in [0.15, 0.2) is 0 Å². The molecule has 1 fully saturated rings. The van der Waals surface area contributed by atoms with Gasteiger partial charge in [-0.25, -0.2) is 0 Å². The van der Waals surface area contributed by atoms with Crippen LogP contribution in [0, 0.1) is 5.92 Å². The van der Waals surface area contributed by atoms with Gasteiger partial charge in [0.2, 0.25) is 0 Å². The van der Waals surface area contributed by atoms with Crippen LogP contribution < -0.4 is 0 Å². The van der Waals surface area contributed by atoms with E-state index in [1.807, 2.05) is 0 Å². The van der Waals surface area contributed by atoms with Gasteiger partial charge in [-0.3, -0.25) is 0 Å². The van der Waals surface area contributed by atoms with Crippen molar-refractivity contribution in [3.63, 3.8) is 0 Å². The fourth-order valence-corrected chi connectivity index (χ4v) is 1.14. The van der Waals surface area contributed by atoms with Crippen LogP contribution in [0.3, 0.4) is 0 Å². The Morgan fingerprint density at radius 3 is 2.27 bits per heavy atom. The lowest BCUT2D eigenvalue weighted by atomic mass is 9.99. The molecule has 0 bridgehead atoms. The van der Waals surface area contributed by atoms with Crippen LogP contribution >= 0.6 is 0 Å². The topological polar surface area (TPSA) is 9.23 Å². The zero-order valence-corrected chi connectivity index (χ0v) is 6.32. The quantitative estimate of drug-likeness (QED) is 0.539. The van der Waals surface area contributed by atoms with Crippen molar-refractivity contribution >= 4 is 0 Å². The number of ether oxygens (including phenoxy) is 1.